The van der Waals surface area contributed by atoms with E-state index >= 15 is 0 Å². The fourth-order valence-corrected chi connectivity index (χ4v) is 4.50. The molecule has 0 amide bonds. The first-order valence-corrected chi connectivity index (χ1v) is 8.62. The number of hydrogen-bond donors (Lipinski definition) is 0. The standard InChI is InChI=1S/C6H16Si2/c1-7-5-6-8(2,3)4/h5-6H2,1-4H3. The molecule has 0 saturated carbocycles. The van der Waals surface area contributed by atoms with Gasteiger partial charge in [0.05, 0.1) is 0 Å². The van der Waals surface area contributed by atoms with Crippen molar-refractivity contribution in [3.63, 3.8) is 0 Å². The Morgan fingerprint density at radius 2 is 1.75 bits per heavy atom. The van der Waals surface area contributed by atoms with Gasteiger partial charge in [-0.25, -0.2) is 0 Å². The topological polar surface area (TPSA) is 0 Å². The smallest absolute Gasteiger partial charge is 0.0439 e. The second-order valence-corrected chi connectivity index (χ2v) is 10.2. The molecular weight excluding hydrogens is 128 g/mol. The molecular formula is C6H16Si2. The molecule has 2 radical (unpaired) electrons. The van der Waals surface area contributed by atoms with Crippen molar-refractivity contribution in [1.82, 2.24) is 0 Å². The van der Waals surface area contributed by atoms with Crippen molar-refractivity contribution in [2.24, 2.45) is 0 Å². The number of rotatable bonds is 3. The quantitative estimate of drug-likeness (QED) is 0.534. The molecule has 8 heavy (non-hydrogen) atoms. The zero-order chi connectivity index (χ0) is 6.62. The van der Waals surface area contributed by atoms with Crippen LogP contribution in [0.4, 0.5) is 0 Å². The summed E-state index contributed by atoms with van der Waals surface area (Å²) in [6, 6.07) is 2.98. The van der Waals surface area contributed by atoms with Gasteiger partial charge in [-0.2, -0.15) is 0 Å². The van der Waals surface area contributed by atoms with Crippen molar-refractivity contribution < 1.29 is 0 Å². The van der Waals surface area contributed by atoms with E-state index in [1.165, 1.54) is 21.6 Å². The predicted octanol–water partition coefficient (Wildman–Crippen LogP) is 2.50. The summed E-state index contributed by atoms with van der Waals surface area (Å²) >= 11 is 0. The molecule has 0 spiro atoms. The first-order chi connectivity index (χ1) is 3.56. The summed E-state index contributed by atoms with van der Waals surface area (Å²) in [5, 5.41) is 0. The average molecular weight is 144 g/mol. The fourth-order valence-electron chi connectivity index (χ4n) is 0.500. The number of hydrogen-bond acceptors (Lipinski definition) is 0. The summed E-state index contributed by atoms with van der Waals surface area (Å²) in [7, 11) is 0.495. The highest BCUT2D eigenvalue weighted by molar-refractivity contribution is 6.76. The SMILES string of the molecule is C[Si]CC[Si](C)(C)C. The fraction of sp³-hybridized carbons (Fsp3) is 1.00. The second-order valence-electron chi connectivity index (χ2n) is 3.41. The average Bonchev–Trinajstić information content (AvgIpc) is 1.59. The minimum atomic E-state index is -0.671. The van der Waals surface area contributed by atoms with Crippen LogP contribution < -0.4 is 0 Å². The molecule has 0 aliphatic heterocycles. The van der Waals surface area contributed by atoms with Gasteiger partial charge >= 0.3 is 0 Å². The van der Waals surface area contributed by atoms with Crippen molar-refractivity contribution in [2.75, 3.05) is 0 Å². The van der Waals surface area contributed by atoms with Crippen LogP contribution in [0.2, 0.25) is 38.3 Å². The Morgan fingerprint density at radius 3 is 1.88 bits per heavy atom. The minimum Gasteiger partial charge on any atom is -0.0733 e. The van der Waals surface area contributed by atoms with Crippen LogP contribution in [0.3, 0.4) is 0 Å². The lowest BCUT2D eigenvalue weighted by Crippen LogP contribution is -2.18. The third-order valence-electron chi connectivity index (χ3n) is 1.12. The molecule has 0 heterocycles. The molecule has 0 aliphatic carbocycles. The van der Waals surface area contributed by atoms with E-state index in [9.17, 15) is 0 Å². The molecule has 2 heteroatoms. The lowest BCUT2D eigenvalue weighted by atomic mass is 10.9. The Morgan fingerprint density at radius 1 is 1.25 bits per heavy atom. The van der Waals surface area contributed by atoms with Gasteiger partial charge in [0.25, 0.3) is 0 Å². The highest BCUT2D eigenvalue weighted by Crippen LogP contribution is 2.10. The molecule has 0 saturated heterocycles. The summed E-state index contributed by atoms with van der Waals surface area (Å²) < 4.78 is 0. The van der Waals surface area contributed by atoms with Gasteiger partial charge in [0.2, 0.25) is 0 Å². The van der Waals surface area contributed by atoms with E-state index in [2.05, 4.69) is 26.2 Å². The maximum atomic E-state index is 2.44. The summed E-state index contributed by atoms with van der Waals surface area (Å²) in [4.78, 5) is 0. The van der Waals surface area contributed by atoms with Gasteiger partial charge in [0.15, 0.2) is 0 Å². The Labute approximate surface area is 56.5 Å². The van der Waals surface area contributed by atoms with Gasteiger partial charge in [0.1, 0.15) is 0 Å². The van der Waals surface area contributed by atoms with Crippen LogP contribution >= 0.6 is 0 Å². The van der Waals surface area contributed by atoms with Crippen molar-refractivity contribution >= 4 is 17.6 Å². The van der Waals surface area contributed by atoms with Crippen molar-refractivity contribution in [1.29, 1.82) is 0 Å². The molecule has 0 unspecified atom stereocenters. The third kappa shape index (κ3) is 6.43. The minimum absolute atomic E-state index is 0.671. The van der Waals surface area contributed by atoms with Crippen LogP contribution in [0.15, 0.2) is 0 Å². The Bertz CT molecular complexity index is 54.0. The van der Waals surface area contributed by atoms with Crippen LogP contribution in [0, 0.1) is 0 Å². The lowest BCUT2D eigenvalue weighted by molar-refractivity contribution is 1.33. The highest BCUT2D eigenvalue weighted by Gasteiger charge is 2.10. The van der Waals surface area contributed by atoms with Crippen LogP contribution in [0.1, 0.15) is 0 Å². The highest BCUT2D eigenvalue weighted by atomic mass is 28.3. The molecule has 0 fully saturated rings. The molecule has 0 rings (SSSR count). The van der Waals surface area contributed by atoms with Crippen LogP contribution in [-0.4, -0.2) is 17.6 Å². The predicted molar refractivity (Wildman–Crippen MR) is 44.6 cm³/mol. The van der Waals surface area contributed by atoms with E-state index < -0.39 is 8.07 Å². The van der Waals surface area contributed by atoms with Gasteiger partial charge in [0, 0.05) is 17.6 Å². The summed E-state index contributed by atoms with van der Waals surface area (Å²) in [5.41, 5.74) is 0. The molecule has 0 atom stereocenters. The first kappa shape index (κ1) is 8.43. The molecule has 0 bridgehead atoms. The summed E-state index contributed by atoms with van der Waals surface area (Å²) in [6.07, 6.45) is 0. The normalized spacial score (nSPS) is 12.0. The Balaban J connectivity index is 3.11. The van der Waals surface area contributed by atoms with E-state index in [1.807, 2.05) is 0 Å². The van der Waals surface area contributed by atoms with E-state index in [1.54, 1.807) is 0 Å². The maximum absolute atomic E-state index is 2.44. The van der Waals surface area contributed by atoms with E-state index in [0.29, 0.717) is 0 Å². The molecule has 0 nitrogen and oxygen atoms in total. The van der Waals surface area contributed by atoms with E-state index in [0.717, 1.165) is 0 Å². The molecule has 48 valence electrons. The summed E-state index contributed by atoms with van der Waals surface area (Å²) in [5.74, 6) is 0. The Hall–Kier alpha value is 0.434. The van der Waals surface area contributed by atoms with E-state index in [4.69, 9.17) is 0 Å². The van der Waals surface area contributed by atoms with Crippen LogP contribution in [0.5, 0.6) is 0 Å². The Kier molecular flexibility index (Phi) is 3.65. The van der Waals surface area contributed by atoms with Crippen LogP contribution in [0.25, 0.3) is 0 Å². The maximum Gasteiger partial charge on any atom is 0.0439 e. The molecule has 0 aliphatic rings. The zero-order valence-electron chi connectivity index (χ0n) is 6.41. The van der Waals surface area contributed by atoms with Crippen molar-refractivity contribution in [2.45, 2.75) is 38.3 Å². The third-order valence-corrected chi connectivity index (χ3v) is 4.12. The van der Waals surface area contributed by atoms with Gasteiger partial charge < -0.3 is 0 Å². The lowest BCUT2D eigenvalue weighted by Gasteiger charge is -2.13. The van der Waals surface area contributed by atoms with Gasteiger partial charge in [-0.3, -0.25) is 0 Å². The zero-order valence-corrected chi connectivity index (χ0v) is 8.41. The second kappa shape index (κ2) is 3.46. The van der Waals surface area contributed by atoms with Gasteiger partial charge in [-0.15, -0.1) is 0 Å². The van der Waals surface area contributed by atoms with E-state index in [-0.39, 0.29) is 0 Å². The molecule has 0 aromatic rings. The summed E-state index contributed by atoms with van der Waals surface area (Å²) in [6.45, 7) is 9.60. The monoisotopic (exact) mass is 144 g/mol. The van der Waals surface area contributed by atoms with Gasteiger partial charge in [-0.05, 0) is 0 Å². The van der Waals surface area contributed by atoms with Gasteiger partial charge in [-0.1, -0.05) is 38.3 Å². The molecule has 0 aromatic heterocycles. The van der Waals surface area contributed by atoms with Crippen molar-refractivity contribution in [3.8, 4) is 0 Å². The largest absolute Gasteiger partial charge is 0.0733 e. The molecule has 0 aromatic carbocycles. The van der Waals surface area contributed by atoms with Crippen LogP contribution in [-0.2, 0) is 0 Å². The van der Waals surface area contributed by atoms with Crippen molar-refractivity contribution in [3.05, 3.63) is 0 Å². The first-order valence-electron chi connectivity index (χ1n) is 3.21. The molecule has 0 N–H and O–H groups in total.